The van der Waals surface area contributed by atoms with E-state index in [1.807, 2.05) is 102 Å². The summed E-state index contributed by atoms with van der Waals surface area (Å²) in [6, 6.07) is 29.1. The molecule has 0 fully saturated rings. The van der Waals surface area contributed by atoms with E-state index in [4.69, 9.17) is 16.3 Å². The lowest BCUT2D eigenvalue weighted by Crippen LogP contribution is -2.20. The Kier molecular flexibility index (Phi) is 8.01. The molecule has 9 heteroatoms. The fourth-order valence-corrected chi connectivity index (χ4v) is 4.81. The smallest absolute Gasteiger partial charge is 0.250 e. The van der Waals surface area contributed by atoms with Gasteiger partial charge < -0.3 is 4.74 Å². The number of carbonyl (C=O) groups is 1. The van der Waals surface area contributed by atoms with E-state index >= 15 is 0 Å². The molecule has 1 N–H and O–H groups in total. The van der Waals surface area contributed by atoms with Gasteiger partial charge in [0.05, 0.1) is 18.6 Å². The van der Waals surface area contributed by atoms with Crippen LogP contribution in [0.15, 0.2) is 101 Å². The van der Waals surface area contributed by atoms with Gasteiger partial charge in [0.1, 0.15) is 5.75 Å². The second kappa shape index (κ2) is 11.9. The van der Waals surface area contributed by atoms with Crippen molar-refractivity contribution in [3.63, 3.8) is 0 Å². The van der Waals surface area contributed by atoms with Gasteiger partial charge in [-0.1, -0.05) is 65.8 Å². The third kappa shape index (κ3) is 5.88. The molecule has 0 unspecified atom stereocenters. The fraction of sp³-hybridized carbons (Fsp3) is 0.103. The monoisotopic (exact) mass is 541 g/mol. The molecule has 0 aliphatic carbocycles. The van der Waals surface area contributed by atoms with Gasteiger partial charge >= 0.3 is 0 Å². The van der Waals surface area contributed by atoms with Gasteiger partial charge in [0.15, 0.2) is 11.0 Å². The number of ether oxygens (including phenoxy) is 1. The molecular weight excluding hydrogens is 518 g/mol. The molecular formula is C29H24ClN5O2S. The molecule has 0 bridgehead atoms. The minimum absolute atomic E-state index is 0.114. The SMILES string of the molecule is CCOc1ccc(-n2c(SCC(=O)N/N=C/c3cccc4ccccc34)nnc2-c2ccc(Cl)cc2)cc1. The molecule has 1 aromatic heterocycles. The number of nitrogens with one attached hydrogen (secondary N) is 1. The number of benzene rings is 4. The molecule has 38 heavy (non-hydrogen) atoms. The van der Waals surface area contributed by atoms with Crippen LogP contribution in [0.25, 0.3) is 27.8 Å². The zero-order chi connectivity index (χ0) is 26.3. The van der Waals surface area contributed by atoms with Crippen LogP contribution in [0.5, 0.6) is 5.75 Å². The lowest BCUT2D eigenvalue weighted by atomic mass is 10.1. The number of rotatable bonds is 9. The van der Waals surface area contributed by atoms with Crippen molar-refractivity contribution in [2.45, 2.75) is 12.1 Å². The summed E-state index contributed by atoms with van der Waals surface area (Å²) in [4.78, 5) is 12.6. The average Bonchev–Trinajstić information content (AvgIpc) is 3.37. The predicted octanol–water partition coefficient (Wildman–Crippen LogP) is 6.38. The van der Waals surface area contributed by atoms with Crippen molar-refractivity contribution in [1.29, 1.82) is 0 Å². The summed E-state index contributed by atoms with van der Waals surface area (Å²) in [7, 11) is 0. The van der Waals surface area contributed by atoms with Crippen LogP contribution < -0.4 is 10.2 Å². The van der Waals surface area contributed by atoms with Crippen LogP contribution in [0.4, 0.5) is 0 Å². The molecule has 5 aromatic rings. The number of nitrogens with zero attached hydrogens (tertiary/aromatic N) is 4. The van der Waals surface area contributed by atoms with Crippen LogP contribution in [0.2, 0.25) is 5.02 Å². The molecule has 0 aliphatic heterocycles. The van der Waals surface area contributed by atoms with Crippen molar-refractivity contribution in [3.8, 4) is 22.8 Å². The largest absolute Gasteiger partial charge is 0.494 e. The van der Waals surface area contributed by atoms with Gasteiger partial charge in [0, 0.05) is 21.8 Å². The van der Waals surface area contributed by atoms with Crippen molar-refractivity contribution in [2.75, 3.05) is 12.4 Å². The van der Waals surface area contributed by atoms with Crippen molar-refractivity contribution in [2.24, 2.45) is 5.10 Å². The number of hydrogen-bond acceptors (Lipinski definition) is 6. The van der Waals surface area contributed by atoms with Gasteiger partial charge in [-0.3, -0.25) is 9.36 Å². The molecule has 4 aromatic carbocycles. The second-order valence-electron chi connectivity index (χ2n) is 8.23. The Hall–Kier alpha value is -4.14. The molecule has 0 saturated heterocycles. The normalized spacial score (nSPS) is 11.2. The van der Waals surface area contributed by atoms with Crippen molar-refractivity contribution >= 4 is 46.3 Å². The second-order valence-corrected chi connectivity index (χ2v) is 9.60. The van der Waals surface area contributed by atoms with Gasteiger partial charge in [0.2, 0.25) is 0 Å². The Morgan fingerprint density at radius 3 is 2.55 bits per heavy atom. The molecule has 1 amide bonds. The quantitative estimate of drug-likeness (QED) is 0.133. The van der Waals surface area contributed by atoms with E-state index in [1.165, 1.54) is 11.8 Å². The van der Waals surface area contributed by atoms with E-state index < -0.39 is 0 Å². The molecule has 0 saturated carbocycles. The van der Waals surface area contributed by atoms with E-state index in [0.29, 0.717) is 22.6 Å². The lowest BCUT2D eigenvalue weighted by Gasteiger charge is -2.11. The number of hydrogen-bond donors (Lipinski definition) is 1. The lowest BCUT2D eigenvalue weighted by molar-refractivity contribution is -0.118. The first-order valence-electron chi connectivity index (χ1n) is 12.0. The van der Waals surface area contributed by atoms with Crippen LogP contribution in [0, 0.1) is 0 Å². The summed E-state index contributed by atoms with van der Waals surface area (Å²) in [5, 5.41) is 16.4. The number of thioether (sulfide) groups is 1. The van der Waals surface area contributed by atoms with Crippen LogP contribution in [0.1, 0.15) is 12.5 Å². The highest BCUT2D eigenvalue weighted by molar-refractivity contribution is 7.99. The molecule has 0 spiro atoms. The van der Waals surface area contributed by atoms with Gasteiger partial charge in [0.25, 0.3) is 5.91 Å². The Morgan fingerprint density at radius 1 is 1.00 bits per heavy atom. The standard InChI is InChI=1S/C29H24ClN5O2S/c1-2-37-25-16-14-24(15-17-25)35-28(21-10-12-23(30)13-11-21)33-34-29(35)38-19-27(36)32-31-18-22-8-5-7-20-6-3-4-9-26(20)22/h3-18H,2,19H2,1H3,(H,32,36)/b31-18+. The Balaban J connectivity index is 1.33. The summed E-state index contributed by atoms with van der Waals surface area (Å²) < 4.78 is 7.49. The molecule has 0 aliphatic rings. The zero-order valence-electron chi connectivity index (χ0n) is 20.5. The number of amides is 1. The zero-order valence-corrected chi connectivity index (χ0v) is 22.1. The third-order valence-corrected chi connectivity index (χ3v) is 6.87. The first kappa shape index (κ1) is 25.5. The number of aromatic nitrogens is 3. The van der Waals surface area contributed by atoms with Crippen LogP contribution in [0.3, 0.4) is 0 Å². The van der Waals surface area contributed by atoms with E-state index in [0.717, 1.165) is 33.3 Å². The van der Waals surface area contributed by atoms with Gasteiger partial charge in [-0.05, 0) is 66.2 Å². The summed E-state index contributed by atoms with van der Waals surface area (Å²) in [6.07, 6.45) is 1.66. The summed E-state index contributed by atoms with van der Waals surface area (Å²) in [6.45, 7) is 2.53. The van der Waals surface area contributed by atoms with E-state index in [9.17, 15) is 4.79 Å². The predicted molar refractivity (Wildman–Crippen MR) is 153 cm³/mol. The summed E-state index contributed by atoms with van der Waals surface area (Å²) in [5.41, 5.74) is 5.24. The third-order valence-electron chi connectivity index (χ3n) is 5.69. The maximum Gasteiger partial charge on any atom is 0.250 e. The Labute approximate surface area is 229 Å². The fourth-order valence-electron chi connectivity index (χ4n) is 3.94. The van der Waals surface area contributed by atoms with E-state index in [-0.39, 0.29) is 11.7 Å². The van der Waals surface area contributed by atoms with E-state index in [2.05, 4.69) is 20.7 Å². The molecule has 190 valence electrons. The van der Waals surface area contributed by atoms with Crippen molar-refractivity contribution < 1.29 is 9.53 Å². The van der Waals surface area contributed by atoms with E-state index in [1.54, 1.807) is 6.21 Å². The van der Waals surface area contributed by atoms with Gasteiger partial charge in [-0.15, -0.1) is 10.2 Å². The number of fused-ring (bicyclic) bond motifs is 1. The summed E-state index contributed by atoms with van der Waals surface area (Å²) in [5.74, 6) is 1.28. The molecule has 0 atom stereocenters. The maximum atomic E-state index is 12.6. The van der Waals surface area contributed by atoms with Crippen molar-refractivity contribution in [1.82, 2.24) is 20.2 Å². The highest BCUT2D eigenvalue weighted by Gasteiger charge is 2.17. The molecule has 1 heterocycles. The number of carbonyl (C=O) groups excluding carboxylic acids is 1. The number of halogens is 1. The van der Waals surface area contributed by atoms with Gasteiger partial charge in [-0.2, -0.15) is 5.10 Å². The highest BCUT2D eigenvalue weighted by atomic mass is 35.5. The van der Waals surface area contributed by atoms with Gasteiger partial charge in [-0.25, -0.2) is 5.43 Å². The minimum Gasteiger partial charge on any atom is -0.494 e. The minimum atomic E-state index is -0.249. The Bertz CT molecular complexity index is 1580. The maximum absolute atomic E-state index is 12.6. The number of hydrazone groups is 1. The molecule has 5 rings (SSSR count). The summed E-state index contributed by atoms with van der Waals surface area (Å²) >= 11 is 7.36. The molecule has 0 radical (unpaired) electrons. The van der Waals surface area contributed by atoms with Crippen LogP contribution in [-0.2, 0) is 4.79 Å². The van der Waals surface area contributed by atoms with Crippen LogP contribution >= 0.6 is 23.4 Å². The first-order chi connectivity index (χ1) is 18.6. The topological polar surface area (TPSA) is 81.4 Å². The Morgan fingerprint density at radius 2 is 1.76 bits per heavy atom. The highest BCUT2D eigenvalue weighted by Crippen LogP contribution is 2.29. The molecule has 7 nitrogen and oxygen atoms in total. The van der Waals surface area contributed by atoms with Crippen LogP contribution in [-0.4, -0.2) is 39.2 Å². The average molecular weight is 542 g/mol. The van der Waals surface area contributed by atoms with Crippen molar-refractivity contribution in [3.05, 3.63) is 102 Å². The first-order valence-corrected chi connectivity index (χ1v) is 13.4.